The van der Waals surface area contributed by atoms with Crippen molar-refractivity contribution in [3.63, 3.8) is 0 Å². The smallest absolute Gasteiger partial charge is 0.226 e. The van der Waals surface area contributed by atoms with E-state index in [1.54, 1.807) is 12.4 Å². The zero-order valence-electron chi connectivity index (χ0n) is 16.5. The number of fused-ring (bicyclic) bond motifs is 1. The van der Waals surface area contributed by atoms with Gasteiger partial charge in [0.15, 0.2) is 0 Å². The number of piperazine rings is 1. The third kappa shape index (κ3) is 3.55. The van der Waals surface area contributed by atoms with E-state index in [4.69, 9.17) is 14.7 Å². The van der Waals surface area contributed by atoms with Crippen LogP contribution in [0.4, 0.5) is 11.8 Å². The first-order valence-corrected chi connectivity index (χ1v) is 10.1. The van der Waals surface area contributed by atoms with Gasteiger partial charge in [-0.1, -0.05) is 6.07 Å². The molecule has 0 atom stereocenters. The standard InChI is InChI=1S/C22H21N7O/c23-14-16-13-17-15-30-12-5-18(17)26-21(16)28-8-10-29(11-9-28)22-25-7-4-20(27-22)19-3-1-2-6-24-19/h1-4,6-7,13H,5,8-12,15H2. The molecule has 0 aromatic carbocycles. The summed E-state index contributed by atoms with van der Waals surface area (Å²) in [5.41, 5.74) is 4.33. The minimum absolute atomic E-state index is 0.537. The van der Waals surface area contributed by atoms with E-state index in [1.807, 2.05) is 30.3 Å². The second-order valence-electron chi connectivity index (χ2n) is 7.31. The maximum atomic E-state index is 9.63. The Balaban J connectivity index is 1.33. The van der Waals surface area contributed by atoms with E-state index in [2.05, 4.69) is 25.8 Å². The quantitative estimate of drug-likeness (QED) is 0.662. The lowest BCUT2D eigenvalue weighted by atomic mass is 10.1. The number of nitriles is 1. The van der Waals surface area contributed by atoms with E-state index in [-0.39, 0.29) is 0 Å². The molecule has 8 heteroatoms. The topological polar surface area (TPSA) is 91.1 Å². The van der Waals surface area contributed by atoms with Gasteiger partial charge in [-0.15, -0.1) is 0 Å². The molecule has 0 radical (unpaired) electrons. The Morgan fingerprint density at radius 2 is 1.80 bits per heavy atom. The van der Waals surface area contributed by atoms with E-state index in [0.29, 0.717) is 24.7 Å². The SMILES string of the molecule is N#Cc1cc2c(nc1N1CCN(c3nccc(-c4ccccn4)n3)CC1)CCOC2. The molecule has 3 aromatic heterocycles. The van der Waals surface area contributed by atoms with Gasteiger partial charge in [0.2, 0.25) is 5.95 Å². The van der Waals surface area contributed by atoms with Crippen LogP contribution in [0, 0.1) is 11.3 Å². The van der Waals surface area contributed by atoms with Gasteiger partial charge in [-0.25, -0.2) is 15.0 Å². The molecule has 0 unspecified atom stereocenters. The van der Waals surface area contributed by atoms with Gasteiger partial charge in [-0.05, 0) is 24.3 Å². The van der Waals surface area contributed by atoms with E-state index in [1.165, 1.54) is 0 Å². The number of hydrogen-bond donors (Lipinski definition) is 0. The fourth-order valence-corrected chi connectivity index (χ4v) is 3.87. The number of hydrogen-bond acceptors (Lipinski definition) is 8. The Morgan fingerprint density at radius 3 is 2.60 bits per heavy atom. The summed E-state index contributed by atoms with van der Waals surface area (Å²) in [7, 11) is 0. The zero-order valence-corrected chi connectivity index (χ0v) is 16.5. The molecular formula is C22H21N7O. The molecule has 1 saturated heterocycles. The largest absolute Gasteiger partial charge is 0.376 e. The highest BCUT2D eigenvalue weighted by Gasteiger charge is 2.24. The van der Waals surface area contributed by atoms with Crippen molar-refractivity contribution < 1.29 is 4.74 Å². The fourth-order valence-electron chi connectivity index (χ4n) is 3.87. The first-order chi connectivity index (χ1) is 14.8. The molecule has 1 fully saturated rings. The predicted octanol–water partition coefficient (Wildman–Crippen LogP) is 2.20. The Bertz CT molecular complexity index is 1090. The molecule has 150 valence electrons. The molecular weight excluding hydrogens is 378 g/mol. The van der Waals surface area contributed by atoms with Crippen LogP contribution in [0.2, 0.25) is 0 Å². The van der Waals surface area contributed by atoms with Gasteiger partial charge in [0.05, 0.1) is 35.9 Å². The molecule has 5 heterocycles. The minimum atomic E-state index is 0.537. The van der Waals surface area contributed by atoms with Crippen molar-refractivity contribution in [3.8, 4) is 17.5 Å². The Morgan fingerprint density at radius 1 is 0.933 bits per heavy atom. The lowest BCUT2D eigenvalue weighted by Gasteiger charge is -2.36. The lowest BCUT2D eigenvalue weighted by molar-refractivity contribution is 0.109. The minimum Gasteiger partial charge on any atom is -0.376 e. The summed E-state index contributed by atoms with van der Waals surface area (Å²) in [6.45, 7) is 4.26. The number of anilines is 2. The highest BCUT2D eigenvalue weighted by molar-refractivity contribution is 5.58. The second kappa shape index (κ2) is 8.05. The van der Waals surface area contributed by atoms with Crippen molar-refractivity contribution >= 4 is 11.8 Å². The maximum Gasteiger partial charge on any atom is 0.226 e. The van der Waals surface area contributed by atoms with Crippen molar-refractivity contribution in [1.82, 2.24) is 19.9 Å². The van der Waals surface area contributed by atoms with Crippen molar-refractivity contribution in [1.29, 1.82) is 5.26 Å². The van der Waals surface area contributed by atoms with Gasteiger partial charge < -0.3 is 14.5 Å². The normalized spacial score (nSPS) is 16.1. The first-order valence-electron chi connectivity index (χ1n) is 10.1. The number of nitrogens with zero attached hydrogens (tertiary/aromatic N) is 7. The Hall–Kier alpha value is -3.57. The van der Waals surface area contributed by atoms with Crippen LogP contribution in [0.15, 0.2) is 42.7 Å². The van der Waals surface area contributed by atoms with Gasteiger partial charge in [0.25, 0.3) is 0 Å². The van der Waals surface area contributed by atoms with E-state index in [9.17, 15) is 5.26 Å². The first kappa shape index (κ1) is 18.5. The van der Waals surface area contributed by atoms with E-state index in [0.717, 1.165) is 61.1 Å². The average molecular weight is 399 g/mol. The number of ether oxygens (including phenoxy) is 1. The van der Waals surface area contributed by atoms with Gasteiger partial charge in [0, 0.05) is 50.6 Å². The van der Waals surface area contributed by atoms with Crippen LogP contribution in [0.1, 0.15) is 16.8 Å². The molecule has 0 saturated carbocycles. The zero-order chi connectivity index (χ0) is 20.3. The predicted molar refractivity (Wildman–Crippen MR) is 112 cm³/mol. The summed E-state index contributed by atoms with van der Waals surface area (Å²) in [6, 6.07) is 11.9. The summed E-state index contributed by atoms with van der Waals surface area (Å²) >= 11 is 0. The van der Waals surface area contributed by atoms with Gasteiger partial charge in [0.1, 0.15) is 11.9 Å². The van der Waals surface area contributed by atoms with Crippen LogP contribution in [-0.2, 0) is 17.8 Å². The summed E-state index contributed by atoms with van der Waals surface area (Å²) in [6.07, 6.45) is 4.34. The Kier molecular flexibility index (Phi) is 4.95. The summed E-state index contributed by atoms with van der Waals surface area (Å²) in [5.74, 6) is 1.48. The summed E-state index contributed by atoms with van der Waals surface area (Å²) in [5, 5.41) is 9.63. The maximum absolute atomic E-state index is 9.63. The third-order valence-electron chi connectivity index (χ3n) is 5.46. The molecule has 3 aromatic rings. The van der Waals surface area contributed by atoms with Crippen LogP contribution in [-0.4, -0.2) is 52.7 Å². The molecule has 2 aliphatic rings. The van der Waals surface area contributed by atoms with Crippen LogP contribution < -0.4 is 9.80 Å². The molecule has 0 spiro atoms. The molecule has 5 rings (SSSR count). The summed E-state index contributed by atoms with van der Waals surface area (Å²) < 4.78 is 5.50. The highest BCUT2D eigenvalue weighted by atomic mass is 16.5. The molecule has 0 aliphatic carbocycles. The Labute approximate surface area is 174 Å². The fraction of sp³-hybridized carbons (Fsp3) is 0.318. The number of rotatable bonds is 3. The molecule has 8 nitrogen and oxygen atoms in total. The molecule has 30 heavy (non-hydrogen) atoms. The summed E-state index contributed by atoms with van der Waals surface area (Å²) in [4.78, 5) is 22.7. The monoisotopic (exact) mass is 399 g/mol. The van der Waals surface area contributed by atoms with Crippen LogP contribution in [0.5, 0.6) is 0 Å². The third-order valence-corrected chi connectivity index (χ3v) is 5.46. The van der Waals surface area contributed by atoms with Crippen molar-refractivity contribution in [2.24, 2.45) is 0 Å². The number of pyridine rings is 2. The number of aromatic nitrogens is 4. The van der Waals surface area contributed by atoms with E-state index >= 15 is 0 Å². The highest BCUT2D eigenvalue weighted by Crippen LogP contribution is 2.26. The van der Waals surface area contributed by atoms with Crippen LogP contribution in [0.25, 0.3) is 11.4 Å². The van der Waals surface area contributed by atoms with Crippen LogP contribution in [0.3, 0.4) is 0 Å². The van der Waals surface area contributed by atoms with E-state index < -0.39 is 0 Å². The van der Waals surface area contributed by atoms with Gasteiger partial charge >= 0.3 is 0 Å². The molecule has 0 bridgehead atoms. The van der Waals surface area contributed by atoms with Gasteiger partial charge in [-0.3, -0.25) is 4.98 Å². The van der Waals surface area contributed by atoms with Crippen molar-refractivity contribution in [3.05, 3.63) is 59.5 Å². The lowest BCUT2D eigenvalue weighted by Crippen LogP contribution is -2.47. The van der Waals surface area contributed by atoms with Crippen LogP contribution >= 0.6 is 0 Å². The van der Waals surface area contributed by atoms with Crippen molar-refractivity contribution in [2.45, 2.75) is 13.0 Å². The average Bonchev–Trinajstić information content (AvgIpc) is 2.84. The van der Waals surface area contributed by atoms with Gasteiger partial charge in [-0.2, -0.15) is 5.26 Å². The molecule has 0 N–H and O–H groups in total. The van der Waals surface area contributed by atoms with Crippen molar-refractivity contribution in [2.75, 3.05) is 42.6 Å². The second-order valence-corrected chi connectivity index (χ2v) is 7.31. The molecule has 0 amide bonds. The molecule has 2 aliphatic heterocycles.